The summed E-state index contributed by atoms with van der Waals surface area (Å²) >= 11 is 6.06. The molecule has 0 fully saturated rings. The molecule has 1 aliphatic heterocycles. The molecule has 0 unspecified atom stereocenters. The van der Waals surface area contributed by atoms with E-state index in [0.717, 1.165) is 4.57 Å². The topological polar surface area (TPSA) is 65.4 Å². The molecule has 6 nitrogen and oxygen atoms in total. The summed E-state index contributed by atoms with van der Waals surface area (Å²) < 4.78 is 36.6. The second kappa shape index (κ2) is 7.52. The Morgan fingerprint density at radius 1 is 1.44 bits per heavy atom. The number of imidazole rings is 1. The van der Waals surface area contributed by atoms with E-state index in [-0.39, 0.29) is 31.5 Å². The van der Waals surface area contributed by atoms with Gasteiger partial charge in [0.05, 0.1) is 5.02 Å². The van der Waals surface area contributed by atoms with Crippen LogP contribution in [0.2, 0.25) is 5.02 Å². The lowest BCUT2D eigenvalue weighted by Gasteiger charge is -2.06. The van der Waals surface area contributed by atoms with Gasteiger partial charge < -0.3 is 14.8 Å². The van der Waals surface area contributed by atoms with Gasteiger partial charge in [-0.05, 0) is 23.8 Å². The standard InChI is InChI=1S/C16H14ClF2N3O3/c17-11-7-10(8-12-15(11)25-9-24-12)1-2-14(23)21-4-3-13-20-5-6-22(13)16(18)19/h1-2,5-8,16H,3-4,9H2,(H,21,23)/b2-1+. The van der Waals surface area contributed by atoms with Crippen molar-refractivity contribution in [3.8, 4) is 11.5 Å². The van der Waals surface area contributed by atoms with Crippen LogP contribution in [0.25, 0.3) is 6.08 Å². The number of fused-ring (bicyclic) bond motifs is 1. The number of aromatic nitrogens is 2. The molecule has 0 saturated heterocycles. The van der Waals surface area contributed by atoms with Gasteiger partial charge in [-0.3, -0.25) is 9.36 Å². The van der Waals surface area contributed by atoms with Gasteiger partial charge in [-0.25, -0.2) is 4.98 Å². The number of alkyl halides is 2. The van der Waals surface area contributed by atoms with E-state index >= 15 is 0 Å². The van der Waals surface area contributed by atoms with Gasteiger partial charge in [-0.1, -0.05) is 11.6 Å². The van der Waals surface area contributed by atoms with E-state index in [2.05, 4.69) is 10.3 Å². The van der Waals surface area contributed by atoms with E-state index in [1.54, 1.807) is 18.2 Å². The van der Waals surface area contributed by atoms with Crippen molar-refractivity contribution in [3.05, 3.63) is 47.0 Å². The Bertz CT molecular complexity index is 808. The van der Waals surface area contributed by atoms with Crippen LogP contribution in [0, 0.1) is 0 Å². The molecule has 2 aromatic rings. The highest BCUT2D eigenvalue weighted by molar-refractivity contribution is 6.32. The van der Waals surface area contributed by atoms with Crippen molar-refractivity contribution in [3.63, 3.8) is 0 Å². The summed E-state index contributed by atoms with van der Waals surface area (Å²) in [7, 11) is 0. The lowest BCUT2D eigenvalue weighted by molar-refractivity contribution is -0.116. The second-order valence-electron chi connectivity index (χ2n) is 5.14. The van der Waals surface area contributed by atoms with Crippen LogP contribution >= 0.6 is 11.6 Å². The minimum atomic E-state index is -2.65. The summed E-state index contributed by atoms with van der Waals surface area (Å²) in [4.78, 5) is 15.7. The number of ether oxygens (including phenoxy) is 2. The molecule has 0 radical (unpaired) electrons. The summed E-state index contributed by atoms with van der Waals surface area (Å²) in [5.41, 5.74) is 0.678. The third-order valence-electron chi connectivity index (χ3n) is 3.48. The monoisotopic (exact) mass is 369 g/mol. The first-order chi connectivity index (χ1) is 12.0. The Labute approximate surface area is 147 Å². The number of carbonyl (C=O) groups is 1. The Hall–Kier alpha value is -2.61. The maximum absolute atomic E-state index is 12.7. The molecular formula is C16H14ClF2N3O3. The molecule has 3 rings (SSSR count). The lowest BCUT2D eigenvalue weighted by atomic mass is 10.2. The fraction of sp³-hybridized carbons (Fsp3) is 0.250. The average Bonchev–Trinajstić information content (AvgIpc) is 3.22. The molecule has 1 aromatic heterocycles. The summed E-state index contributed by atoms with van der Waals surface area (Å²) in [6.45, 7) is -2.35. The molecule has 25 heavy (non-hydrogen) atoms. The maximum atomic E-state index is 12.7. The molecule has 1 aliphatic rings. The minimum absolute atomic E-state index is 0.108. The van der Waals surface area contributed by atoms with Crippen LogP contribution in [0.15, 0.2) is 30.6 Å². The predicted molar refractivity (Wildman–Crippen MR) is 86.8 cm³/mol. The van der Waals surface area contributed by atoms with E-state index < -0.39 is 6.55 Å². The number of carbonyl (C=O) groups excluding carboxylic acids is 1. The number of nitrogens with one attached hydrogen (secondary N) is 1. The second-order valence-corrected chi connectivity index (χ2v) is 5.55. The van der Waals surface area contributed by atoms with Crippen LogP contribution in [0.5, 0.6) is 11.5 Å². The highest BCUT2D eigenvalue weighted by Crippen LogP contribution is 2.40. The van der Waals surface area contributed by atoms with E-state index in [9.17, 15) is 13.6 Å². The molecule has 0 bridgehead atoms. The summed E-state index contributed by atoms with van der Waals surface area (Å²) in [6.07, 6.45) is 5.60. The molecular weight excluding hydrogens is 356 g/mol. The fourth-order valence-electron chi connectivity index (χ4n) is 2.33. The molecule has 1 aromatic carbocycles. The van der Waals surface area contributed by atoms with Crippen molar-refractivity contribution < 1.29 is 23.0 Å². The van der Waals surface area contributed by atoms with Crippen LogP contribution in [0.4, 0.5) is 8.78 Å². The first-order valence-corrected chi connectivity index (χ1v) is 7.77. The Morgan fingerprint density at radius 2 is 2.28 bits per heavy atom. The molecule has 0 saturated carbocycles. The Morgan fingerprint density at radius 3 is 3.08 bits per heavy atom. The van der Waals surface area contributed by atoms with Gasteiger partial charge in [0, 0.05) is 31.4 Å². The zero-order chi connectivity index (χ0) is 17.8. The molecule has 0 aliphatic carbocycles. The van der Waals surface area contributed by atoms with Crippen LogP contribution in [0.3, 0.4) is 0 Å². The van der Waals surface area contributed by atoms with Gasteiger partial charge in [0.15, 0.2) is 11.5 Å². The third-order valence-corrected chi connectivity index (χ3v) is 3.76. The van der Waals surface area contributed by atoms with Gasteiger partial charge in [-0.15, -0.1) is 0 Å². The number of rotatable bonds is 6. The molecule has 9 heteroatoms. The SMILES string of the molecule is O=C(/C=C/c1cc(Cl)c2c(c1)OCO2)NCCc1nccn1C(F)F. The number of hydrogen-bond donors (Lipinski definition) is 1. The molecule has 0 spiro atoms. The number of benzene rings is 1. The maximum Gasteiger partial charge on any atom is 0.319 e. The van der Waals surface area contributed by atoms with Gasteiger partial charge >= 0.3 is 6.55 Å². The third kappa shape index (κ3) is 4.08. The smallest absolute Gasteiger partial charge is 0.319 e. The molecule has 1 amide bonds. The van der Waals surface area contributed by atoms with E-state index in [0.29, 0.717) is 22.1 Å². The number of amides is 1. The van der Waals surface area contributed by atoms with Crippen LogP contribution in [0.1, 0.15) is 17.9 Å². The highest BCUT2D eigenvalue weighted by atomic mass is 35.5. The number of halogens is 3. The van der Waals surface area contributed by atoms with E-state index in [1.165, 1.54) is 18.5 Å². The van der Waals surface area contributed by atoms with Crippen molar-refractivity contribution in [2.45, 2.75) is 13.0 Å². The number of hydrogen-bond acceptors (Lipinski definition) is 4. The van der Waals surface area contributed by atoms with Crippen LogP contribution in [-0.4, -0.2) is 28.8 Å². The van der Waals surface area contributed by atoms with Crippen molar-refractivity contribution in [1.82, 2.24) is 14.9 Å². The zero-order valence-corrected chi connectivity index (χ0v) is 13.7. The predicted octanol–water partition coefficient (Wildman–Crippen LogP) is 3.03. The quantitative estimate of drug-likeness (QED) is 0.795. The highest BCUT2D eigenvalue weighted by Gasteiger charge is 2.17. The van der Waals surface area contributed by atoms with Gasteiger partial charge in [0.2, 0.25) is 12.7 Å². The Kier molecular flexibility index (Phi) is 5.18. The first kappa shape index (κ1) is 17.2. The zero-order valence-electron chi connectivity index (χ0n) is 12.9. The molecule has 2 heterocycles. The van der Waals surface area contributed by atoms with Crippen molar-refractivity contribution in [2.75, 3.05) is 13.3 Å². The first-order valence-electron chi connectivity index (χ1n) is 7.39. The summed E-state index contributed by atoms with van der Waals surface area (Å²) in [6, 6.07) is 3.36. The van der Waals surface area contributed by atoms with Gasteiger partial charge in [0.25, 0.3) is 0 Å². The van der Waals surface area contributed by atoms with Crippen molar-refractivity contribution >= 4 is 23.6 Å². The van der Waals surface area contributed by atoms with Gasteiger partial charge in [-0.2, -0.15) is 8.78 Å². The van der Waals surface area contributed by atoms with Crippen molar-refractivity contribution in [2.24, 2.45) is 0 Å². The lowest BCUT2D eigenvalue weighted by Crippen LogP contribution is -2.24. The summed E-state index contributed by atoms with van der Waals surface area (Å²) in [5, 5.41) is 3.01. The van der Waals surface area contributed by atoms with Crippen molar-refractivity contribution in [1.29, 1.82) is 0 Å². The molecule has 132 valence electrons. The minimum Gasteiger partial charge on any atom is -0.454 e. The van der Waals surface area contributed by atoms with E-state index in [1.807, 2.05) is 0 Å². The van der Waals surface area contributed by atoms with Crippen LogP contribution < -0.4 is 14.8 Å². The number of nitrogens with zero attached hydrogens (tertiary/aromatic N) is 2. The summed E-state index contributed by atoms with van der Waals surface area (Å²) in [5.74, 6) is 0.856. The Balaban J connectivity index is 1.53. The molecule has 1 N–H and O–H groups in total. The van der Waals surface area contributed by atoms with Crippen LogP contribution in [-0.2, 0) is 11.2 Å². The largest absolute Gasteiger partial charge is 0.454 e. The van der Waals surface area contributed by atoms with Gasteiger partial charge in [0.1, 0.15) is 5.82 Å². The average molecular weight is 370 g/mol. The molecule has 0 atom stereocenters. The fourth-order valence-corrected chi connectivity index (χ4v) is 2.60. The van der Waals surface area contributed by atoms with E-state index in [4.69, 9.17) is 21.1 Å². The normalized spacial score (nSPS) is 13.0.